The summed E-state index contributed by atoms with van der Waals surface area (Å²) in [6, 6.07) is 0. The first kappa shape index (κ1) is 14.2. The molecule has 0 saturated carbocycles. The van der Waals surface area contributed by atoms with Gasteiger partial charge in [-0.15, -0.1) is 0 Å². The molecule has 0 radical (unpaired) electrons. The average Bonchev–Trinajstić information content (AvgIpc) is 2.30. The SMILES string of the molecule is COC(=O)C(C)(O)COCC1CC=CCC1C. The summed E-state index contributed by atoms with van der Waals surface area (Å²) in [5.41, 5.74) is -1.55. The molecule has 1 N–H and O–H groups in total. The second kappa shape index (κ2) is 6.17. The van der Waals surface area contributed by atoms with Gasteiger partial charge in [0.2, 0.25) is 0 Å². The molecule has 3 atom stereocenters. The van der Waals surface area contributed by atoms with Gasteiger partial charge < -0.3 is 14.6 Å². The van der Waals surface area contributed by atoms with Gasteiger partial charge in [-0.3, -0.25) is 0 Å². The normalized spacial score (nSPS) is 27.5. The van der Waals surface area contributed by atoms with Crippen LogP contribution in [0, 0.1) is 11.8 Å². The van der Waals surface area contributed by atoms with Crippen molar-refractivity contribution >= 4 is 5.97 Å². The highest BCUT2D eigenvalue weighted by molar-refractivity contribution is 5.78. The number of carbonyl (C=O) groups is 1. The minimum absolute atomic E-state index is 0.0212. The maximum absolute atomic E-state index is 11.2. The van der Waals surface area contributed by atoms with E-state index in [9.17, 15) is 9.90 Å². The molecule has 0 spiro atoms. The van der Waals surface area contributed by atoms with Crippen molar-refractivity contribution in [1.82, 2.24) is 0 Å². The van der Waals surface area contributed by atoms with E-state index in [2.05, 4.69) is 23.8 Å². The maximum atomic E-state index is 11.2. The molecule has 98 valence electrons. The number of rotatable bonds is 5. The van der Waals surface area contributed by atoms with Gasteiger partial charge in [0.1, 0.15) is 0 Å². The van der Waals surface area contributed by atoms with Crippen LogP contribution in [-0.2, 0) is 14.3 Å². The summed E-state index contributed by atoms with van der Waals surface area (Å²) in [6.45, 7) is 4.14. The molecular formula is C13H22O4. The van der Waals surface area contributed by atoms with Crippen LogP contribution in [0.5, 0.6) is 0 Å². The van der Waals surface area contributed by atoms with Crippen molar-refractivity contribution in [2.24, 2.45) is 11.8 Å². The molecular weight excluding hydrogens is 220 g/mol. The molecule has 0 aromatic heterocycles. The largest absolute Gasteiger partial charge is 0.467 e. The van der Waals surface area contributed by atoms with E-state index < -0.39 is 11.6 Å². The van der Waals surface area contributed by atoms with Crippen LogP contribution in [0.3, 0.4) is 0 Å². The van der Waals surface area contributed by atoms with Crippen molar-refractivity contribution < 1.29 is 19.4 Å². The minimum atomic E-state index is -1.55. The van der Waals surface area contributed by atoms with Crippen molar-refractivity contribution in [3.8, 4) is 0 Å². The molecule has 0 aromatic rings. The van der Waals surface area contributed by atoms with Crippen molar-refractivity contribution in [2.75, 3.05) is 20.3 Å². The monoisotopic (exact) mass is 242 g/mol. The molecule has 1 rings (SSSR count). The van der Waals surface area contributed by atoms with E-state index >= 15 is 0 Å². The fourth-order valence-corrected chi connectivity index (χ4v) is 1.93. The third kappa shape index (κ3) is 4.13. The van der Waals surface area contributed by atoms with Crippen molar-refractivity contribution in [2.45, 2.75) is 32.3 Å². The molecule has 0 aromatic carbocycles. The first-order chi connectivity index (χ1) is 7.97. The van der Waals surface area contributed by atoms with E-state index in [4.69, 9.17) is 4.74 Å². The van der Waals surface area contributed by atoms with Gasteiger partial charge in [-0.2, -0.15) is 0 Å². The lowest BCUT2D eigenvalue weighted by Gasteiger charge is -2.27. The van der Waals surface area contributed by atoms with E-state index in [1.54, 1.807) is 0 Å². The highest BCUT2D eigenvalue weighted by atomic mass is 16.6. The molecule has 0 aliphatic heterocycles. The number of allylic oxidation sites excluding steroid dienone is 2. The Hall–Kier alpha value is -0.870. The highest BCUT2D eigenvalue weighted by Gasteiger charge is 2.32. The number of ether oxygens (including phenoxy) is 2. The smallest absolute Gasteiger partial charge is 0.339 e. The lowest BCUT2D eigenvalue weighted by atomic mass is 9.85. The zero-order chi connectivity index (χ0) is 12.9. The zero-order valence-electron chi connectivity index (χ0n) is 10.8. The predicted molar refractivity (Wildman–Crippen MR) is 64.5 cm³/mol. The number of hydrogen-bond acceptors (Lipinski definition) is 4. The van der Waals surface area contributed by atoms with E-state index in [1.165, 1.54) is 14.0 Å². The topological polar surface area (TPSA) is 55.8 Å². The fourth-order valence-electron chi connectivity index (χ4n) is 1.93. The Morgan fingerprint density at radius 1 is 1.47 bits per heavy atom. The predicted octanol–water partition coefficient (Wildman–Crippen LogP) is 1.53. The van der Waals surface area contributed by atoms with Gasteiger partial charge in [-0.25, -0.2) is 4.79 Å². The molecule has 0 heterocycles. The molecule has 1 aliphatic rings. The zero-order valence-corrected chi connectivity index (χ0v) is 10.8. The van der Waals surface area contributed by atoms with Crippen LogP contribution in [0.15, 0.2) is 12.2 Å². The summed E-state index contributed by atoms with van der Waals surface area (Å²) < 4.78 is 9.95. The second-order valence-corrected chi connectivity index (χ2v) is 4.96. The van der Waals surface area contributed by atoms with Gasteiger partial charge in [-0.05, 0) is 31.6 Å². The Morgan fingerprint density at radius 3 is 2.71 bits per heavy atom. The summed E-state index contributed by atoms with van der Waals surface area (Å²) in [5.74, 6) is 0.394. The van der Waals surface area contributed by atoms with Gasteiger partial charge in [0.25, 0.3) is 0 Å². The molecule has 3 unspecified atom stereocenters. The molecule has 0 bridgehead atoms. The summed E-state index contributed by atoms with van der Waals surface area (Å²) in [6.07, 6.45) is 6.42. The molecule has 0 amide bonds. The first-order valence-electron chi connectivity index (χ1n) is 6.01. The van der Waals surface area contributed by atoms with Crippen molar-refractivity contribution in [1.29, 1.82) is 0 Å². The first-order valence-corrected chi connectivity index (χ1v) is 6.01. The lowest BCUT2D eigenvalue weighted by Crippen LogP contribution is -2.41. The fraction of sp³-hybridized carbons (Fsp3) is 0.769. The van der Waals surface area contributed by atoms with Crippen LogP contribution >= 0.6 is 0 Å². The van der Waals surface area contributed by atoms with Crippen molar-refractivity contribution in [3.63, 3.8) is 0 Å². The molecule has 0 fully saturated rings. The number of carbonyl (C=O) groups excluding carboxylic acids is 1. The maximum Gasteiger partial charge on any atom is 0.339 e. The molecule has 0 saturated heterocycles. The van der Waals surface area contributed by atoms with E-state index in [0.717, 1.165) is 12.8 Å². The molecule has 1 aliphatic carbocycles. The van der Waals surface area contributed by atoms with Crippen LogP contribution in [-0.4, -0.2) is 37.0 Å². The number of aliphatic hydroxyl groups is 1. The number of hydrogen-bond donors (Lipinski definition) is 1. The minimum Gasteiger partial charge on any atom is -0.467 e. The van der Waals surface area contributed by atoms with Crippen LogP contribution in [0.1, 0.15) is 26.7 Å². The third-order valence-corrected chi connectivity index (χ3v) is 3.26. The van der Waals surface area contributed by atoms with Crippen LogP contribution < -0.4 is 0 Å². The standard InChI is InChI=1S/C13H22O4/c1-10-6-4-5-7-11(10)8-17-9-13(2,15)12(14)16-3/h4-5,10-11,15H,6-9H2,1-3H3. The summed E-state index contributed by atoms with van der Waals surface area (Å²) in [4.78, 5) is 11.2. The Kier molecular flexibility index (Phi) is 5.15. The number of methoxy groups -OCH3 is 1. The van der Waals surface area contributed by atoms with E-state index in [-0.39, 0.29) is 6.61 Å². The molecule has 4 heteroatoms. The van der Waals surface area contributed by atoms with Crippen LogP contribution in [0.25, 0.3) is 0 Å². The Labute approximate surface area is 103 Å². The van der Waals surface area contributed by atoms with Crippen LogP contribution in [0.4, 0.5) is 0 Å². The average molecular weight is 242 g/mol. The Bertz CT molecular complexity index is 283. The second-order valence-electron chi connectivity index (χ2n) is 4.96. The van der Waals surface area contributed by atoms with Gasteiger partial charge in [0, 0.05) is 0 Å². The summed E-state index contributed by atoms with van der Waals surface area (Å²) >= 11 is 0. The quantitative estimate of drug-likeness (QED) is 0.587. The van der Waals surface area contributed by atoms with Gasteiger partial charge in [0.15, 0.2) is 5.60 Å². The Morgan fingerprint density at radius 2 is 2.12 bits per heavy atom. The Balaban J connectivity index is 2.32. The lowest BCUT2D eigenvalue weighted by molar-refractivity contribution is -0.167. The van der Waals surface area contributed by atoms with E-state index in [1.807, 2.05) is 0 Å². The van der Waals surface area contributed by atoms with Gasteiger partial charge in [0.05, 0.1) is 20.3 Å². The van der Waals surface area contributed by atoms with Gasteiger partial charge in [-0.1, -0.05) is 19.1 Å². The van der Waals surface area contributed by atoms with Gasteiger partial charge >= 0.3 is 5.97 Å². The molecule has 17 heavy (non-hydrogen) atoms. The summed E-state index contributed by atoms with van der Waals surface area (Å²) in [5, 5.41) is 9.76. The van der Waals surface area contributed by atoms with Crippen molar-refractivity contribution in [3.05, 3.63) is 12.2 Å². The van der Waals surface area contributed by atoms with Crippen LogP contribution in [0.2, 0.25) is 0 Å². The highest BCUT2D eigenvalue weighted by Crippen LogP contribution is 2.25. The van der Waals surface area contributed by atoms with E-state index in [0.29, 0.717) is 18.4 Å². The molecule has 4 nitrogen and oxygen atoms in total. The number of esters is 1. The summed E-state index contributed by atoms with van der Waals surface area (Å²) in [7, 11) is 1.25. The third-order valence-electron chi connectivity index (χ3n) is 3.26.